The van der Waals surface area contributed by atoms with E-state index in [2.05, 4.69) is 26.7 Å². The van der Waals surface area contributed by atoms with Crippen LogP contribution in [0.15, 0.2) is 54.4 Å². The first-order chi connectivity index (χ1) is 17.5. The quantitative estimate of drug-likeness (QED) is 0.223. The van der Waals surface area contributed by atoms with Crippen LogP contribution in [-0.2, 0) is 27.2 Å². The van der Waals surface area contributed by atoms with Crippen molar-refractivity contribution in [3.8, 4) is 0 Å². The number of pyridine rings is 1. The molecule has 4 rings (SSSR count). The van der Waals surface area contributed by atoms with Gasteiger partial charge in [-0.25, -0.2) is 9.78 Å². The summed E-state index contributed by atoms with van der Waals surface area (Å²) in [5.41, 5.74) is 5.30. The van der Waals surface area contributed by atoms with E-state index < -0.39 is 5.97 Å². The summed E-state index contributed by atoms with van der Waals surface area (Å²) >= 11 is 0. The third-order valence-corrected chi connectivity index (χ3v) is 6.16. The number of fused-ring (bicyclic) bond motifs is 2. The van der Waals surface area contributed by atoms with Gasteiger partial charge in [0.25, 0.3) is 0 Å². The lowest BCUT2D eigenvalue weighted by atomic mass is 10.1. The third kappa shape index (κ3) is 5.11. The Labute approximate surface area is 209 Å². The van der Waals surface area contributed by atoms with E-state index in [0.29, 0.717) is 36.2 Å². The highest BCUT2D eigenvalue weighted by Crippen LogP contribution is 2.33. The van der Waals surface area contributed by atoms with Gasteiger partial charge in [-0.15, -0.1) is 0 Å². The molecule has 0 unspecified atom stereocenters. The summed E-state index contributed by atoms with van der Waals surface area (Å²) in [5.74, 6) is -0.930. The van der Waals surface area contributed by atoms with Crippen molar-refractivity contribution in [2.75, 3.05) is 38.0 Å². The first kappa shape index (κ1) is 25.0. The minimum Gasteiger partial charge on any atom is -0.464 e. The minimum atomic E-state index is -0.557. The number of esters is 1. The summed E-state index contributed by atoms with van der Waals surface area (Å²) in [7, 11) is 2.77. The number of para-hydroxylation sites is 1. The van der Waals surface area contributed by atoms with E-state index in [1.807, 2.05) is 55.0 Å². The van der Waals surface area contributed by atoms with Gasteiger partial charge in [0.1, 0.15) is 12.3 Å². The number of benzene rings is 1. The molecule has 188 valence electrons. The number of methoxy groups -OCH3 is 2. The van der Waals surface area contributed by atoms with Crippen molar-refractivity contribution in [2.24, 2.45) is 0 Å². The predicted molar refractivity (Wildman–Crippen MR) is 142 cm³/mol. The fourth-order valence-electron chi connectivity index (χ4n) is 4.20. The lowest BCUT2D eigenvalue weighted by molar-refractivity contribution is -0.119. The Balaban J connectivity index is 1.79. The molecule has 0 bridgehead atoms. The van der Waals surface area contributed by atoms with Crippen molar-refractivity contribution in [2.45, 2.75) is 26.8 Å². The fraction of sp³-hybridized carbons (Fsp3) is 0.296. The van der Waals surface area contributed by atoms with Crippen LogP contribution in [0.1, 0.15) is 29.9 Å². The molecule has 0 saturated heterocycles. The van der Waals surface area contributed by atoms with Crippen molar-refractivity contribution in [3.63, 3.8) is 0 Å². The second-order valence-electron chi connectivity index (χ2n) is 8.54. The molecule has 36 heavy (non-hydrogen) atoms. The van der Waals surface area contributed by atoms with Crippen LogP contribution < -0.4 is 10.6 Å². The summed E-state index contributed by atoms with van der Waals surface area (Å²) in [6, 6.07) is 9.97. The van der Waals surface area contributed by atoms with Gasteiger partial charge in [0.15, 0.2) is 5.69 Å². The van der Waals surface area contributed by atoms with Gasteiger partial charge < -0.3 is 29.7 Å². The van der Waals surface area contributed by atoms with Gasteiger partial charge in [-0.3, -0.25) is 4.79 Å². The summed E-state index contributed by atoms with van der Waals surface area (Å²) in [5, 5.41) is 7.95. The largest absolute Gasteiger partial charge is 0.464 e. The molecule has 3 heterocycles. The second-order valence-corrected chi connectivity index (χ2v) is 8.54. The number of aromatic nitrogens is 3. The average Bonchev–Trinajstić information content (AvgIpc) is 3.44. The Bertz CT molecular complexity index is 1430. The number of nitrogens with zero attached hydrogens (tertiary/aromatic N) is 2. The zero-order valence-electron chi connectivity index (χ0n) is 21.0. The molecule has 3 aromatic heterocycles. The van der Waals surface area contributed by atoms with Crippen LogP contribution in [0, 0.1) is 0 Å². The molecule has 0 aliphatic rings. The Morgan fingerprint density at radius 1 is 1.19 bits per heavy atom. The number of allylic oxidation sites excluding steroid dienone is 1. The highest BCUT2D eigenvalue weighted by atomic mass is 16.5. The summed E-state index contributed by atoms with van der Waals surface area (Å²) in [6.07, 6.45) is 6.39. The SMILES string of the molecule is C/C=C(\C)CNc1cnc2c(c1)c(NC(=O)COC)c(C(=O)OC)n2CCc1c[nH]c2ccccc12. The molecular formula is C27H31N5O4. The lowest BCUT2D eigenvalue weighted by Crippen LogP contribution is -2.20. The van der Waals surface area contributed by atoms with Crippen LogP contribution >= 0.6 is 0 Å². The topological polar surface area (TPSA) is 110 Å². The zero-order valence-corrected chi connectivity index (χ0v) is 21.0. The Hall–Kier alpha value is -4.11. The number of hydrogen-bond acceptors (Lipinski definition) is 6. The van der Waals surface area contributed by atoms with Crippen LogP contribution in [0.2, 0.25) is 0 Å². The molecule has 0 aliphatic heterocycles. The Morgan fingerprint density at radius 2 is 2.00 bits per heavy atom. The molecule has 3 N–H and O–H groups in total. The predicted octanol–water partition coefficient (Wildman–Crippen LogP) is 4.51. The first-order valence-corrected chi connectivity index (χ1v) is 11.8. The number of ether oxygens (including phenoxy) is 2. The van der Waals surface area contributed by atoms with Gasteiger partial charge in [0, 0.05) is 42.7 Å². The molecule has 1 amide bonds. The molecule has 0 aliphatic carbocycles. The van der Waals surface area contributed by atoms with Crippen LogP contribution in [0.5, 0.6) is 0 Å². The van der Waals surface area contributed by atoms with E-state index in [9.17, 15) is 9.59 Å². The van der Waals surface area contributed by atoms with Crippen molar-refractivity contribution < 1.29 is 19.1 Å². The van der Waals surface area contributed by atoms with E-state index in [4.69, 9.17) is 9.47 Å². The van der Waals surface area contributed by atoms with Crippen LogP contribution in [-0.4, -0.2) is 53.8 Å². The van der Waals surface area contributed by atoms with Crippen LogP contribution in [0.3, 0.4) is 0 Å². The minimum absolute atomic E-state index is 0.144. The number of hydrogen-bond donors (Lipinski definition) is 3. The zero-order chi connectivity index (χ0) is 25.7. The monoisotopic (exact) mass is 489 g/mol. The number of nitrogens with one attached hydrogen (secondary N) is 3. The highest BCUT2D eigenvalue weighted by molar-refractivity contribution is 6.11. The number of aryl methyl sites for hydroxylation is 2. The molecule has 0 saturated carbocycles. The van der Waals surface area contributed by atoms with Crippen LogP contribution in [0.25, 0.3) is 21.9 Å². The van der Waals surface area contributed by atoms with E-state index in [1.165, 1.54) is 19.8 Å². The molecule has 1 aromatic carbocycles. The number of amides is 1. The molecule has 0 radical (unpaired) electrons. The third-order valence-electron chi connectivity index (χ3n) is 6.16. The molecule has 4 aromatic rings. The summed E-state index contributed by atoms with van der Waals surface area (Å²) < 4.78 is 11.9. The second kappa shape index (κ2) is 11.1. The average molecular weight is 490 g/mol. The maximum atomic E-state index is 13.0. The molecule has 9 heteroatoms. The van der Waals surface area contributed by atoms with Crippen molar-refractivity contribution in [1.82, 2.24) is 14.5 Å². The smallest absolute Gasteiger partial charge is 0.356 e. The Morgan fingerprint density at radius 3 is 2.75 bits per heavy atom. The first-order valence-electron chi connectivity index (χ1n) is 11.8. The Kier molecular flexibility index (Phi) is 7.70. The fourth-order valence-corrected chi connectivity index (χ4v) is 4.20. The normalized spacial score (nSPS) is 11.7. The van der Waals surface area contributed by atoms with E-state index in [1.54, 1.807) is 6.20 Å². The number of anilines is 2. The number of aromatic amines is 1. The van der Waals surface area contributed by atoms with Gasteiger partial charge in [-0.1, -0.05) is 29.8 Å². The number of carbonyl (C=O) groups is 2. The maximum absolute atomic E-state index is 13.0. The highest BCUT2D eigenvalue weighted by Gasteiger charge is 2.26. The van der Waals surface area contributed by atoms with Gasteiger partial charge in [0.05, 0.1) is 24.7 Å². The number of rotatable bonds is 10. The van der Waals surface area contributed by atoms with Crippen LogP contribution in [0.4, 0.5) is 11.4 Å². The van der Waals surface area contributed by atoms with Gasteiger partial charge in [0.2, 0.25) is 5.91 Å². The summed E-state index contributed by atoms with van der Waals surface area (Å²) in [4.78, 5) is 33.5. The van der Waals surface area contributed by atoms with Crippen molar-refractivity contribution >= 4 is 45.2 Å². The number of carbonyl (C=O) groups excluding carboxylic acids is 2. The van der Waals surface area contributed by atoms with Crippen molar-refractivity contribution in [1.29, 1.82) is 0 Å². The summed E-state index contributed by atoms with van der Waals surface area (Å²) in [6.45, 7) is 4.99. The molecule has 0 fully saturated rings. The van der Waals surface area contributed by atoms with Gasteiger partial charge in [-0.2, -0.15) is 0 Å². The molecule has 0 atom stereocenters. The standard InChI is InChI=1S/C27H31N5O4/c1-5-17(2)13-28-19-12-21-24(31-23(33)16-35-3)25(27(34)36-4)32(26(21)30-15-19)11-10-18-14-29-22-9-7-6-8-20(18)22/h5-9,12,14-15,28-29H,10-11,13,16H2,1-4H3,(H,31,33)/b17-5+. The maximum Gasteiger partial charge on any atom is 0.356 e. The lowest BCUT2D eigenvalue weighted by Gasteiger charge is -2.10. The van der Waals surface area contributed by atoms with Crippen molar-refractivity contribution in [3.05, 3.63) is 65.6 Å². The van der Waals surface area contributed by atoms with E-state index >= 15 is 0 Å². The molecule has 0 spiro atoms. The molecular weight excluding hydrogens is 458 g/mol. The molecule has 9 nitrogen and oxygen atoms in total. The van der Waals surface area contributed by atoms with E-state index in [-0.39, 0.29) is 18.2 Å². The van der Waals surface area contributed by atoms with Gasteiger partial charge >= 0.3 is 5.97 Å². The van der Waals surface area contributed by atoms with Gasteiger partial charge in [-0.05, 0) is 38.0 Å². The number of H-pyrrole nitrogens is 1. The van der Waals surface area contributed by atoms with E-state index in [0.717, 1.165) is 22.2 Å².